The second kappa shape index (κ2) is 7.03. The number of rotatable bonds is 7. The van der Waals surface area contributed by atoms with Gasteiger partial charge in [0.25, 0.3) is 0 Å². The van der Waals surface area contributed by atoms with E-state index < -0.39 is 22.0 Å². The first-order valence-electron chi connectivity index (χ1n) is 6.10. The Hall–Kier alpha value is -1.91. The number of hydrogen-bond acceptors (Lipinski definition) is 4. The van der Waals surface area contributed by atoms with Crippen molar-refractivity contribution in [3.8, 4) is 6.07 Å². The van der Waals surface area contributed by atoms with Crippen molar-refractivity contribution < 1.29 is 18.3 Å². The van der Waals surface area contributed by atoms with Crippen LogP contribution < -0.4 is 4.72 Å². The van der Waals surface area contributed by atoms with Gasteiger partial charge in [-0.05, 0) is 31.9 Å². The second-order valence-corrected chi connectivity index (χ2v) is 6.10. The molecule has 0 bridgehead atoms. The monoisotopic (exact) mass is 296 g/mol. The van der Waals surface area contributed by atoms with E-state index in [-0.39, 0.29) is 16.9 Å². The molecular weight excluding hydrogens is 280 g/mol. The molecule has 1 aromatic carbocycles. The third kappa shape index (κ3) is 4.64. The van der Waals surface area contributed by atoms with E-state index in [4.69, 9.17) is 10.4 Å². The first kappa shape index (κ1) is 16.1. The van der Waals surface area contributed by atoms with Crippen molar-refractivity contribution in [2.24, 2.45) is 0 Å². The molecule has 0 heterocycles. The van der Waals surface area contributed by atoms with Gasteiger partial charge in [-0.3, -0.25) is 4.79 Å². The average molecular weight is 296 g/mol. The number of carbonyl (C=O) groups is 1. The predicted octanol–water partition coefficient (Wildman–Crippen LogP) is 1.48. The number of nitriles is 1. The van der Waals surface area contributed by atoms with Crippen LogP contribution in [0.1, 0.15) is 31.7 Å². The van der Waals surface area contributed by atoms with E-state index >= 15 is 0 Å². The van der Waals surface area contributed by atoms with Crippen LogP contribution in [0.4, 0.5) is 0 Å². The van der Waals surface area contributed by atoms with Crippen LogP contribution in [0.5, 0.6) is 0 Å². The van der Waals surface area contributed by atoms with Crippen LogP contribution in [0.25, 0.3) is 0 Å². The fraction of sp³-hybridized carbons (Fsp3) is 0.385. The SMILES string of the molecule is CC(CCCC(=O)O)NS(=O)(=O)c1ccccc1C#N. The zero-order chi connectivity index (χ0) is 15.2. The zero-order valence-corrected chi connectivity index (χ0v) is 11.9. The van der Waals surface area contributed by atoms with Crippen molar-refractivity contribution in [2.45, 2.75) is 37.1 Å². The summed E-state index contributed by atoms with van der Waals surface area (Å²) in [5.41, 5.74) is 0.0812. The standard InChI is InChI=1S/C13H16N2O4S/c1-10(5-4-8-13(16)17)15-20(18,19)12-7-3-2-6-11(12)9-14/h2-3,6-7,10,15H,4-5,8H2,1H3,(H,16,17). The third-order valence-electron chi connectivity index (χ3n) is 2.68. The molecule has 0 saturated heterocycles. The first-order valence-corrected chi connectivity index (χ1v) is 7.58. The lowest BCUT2D eigenvalue weighted by atomic mass is 10.1. The Kier molecular flexibility index (Phi) is 5.67. The Morgan fingerprint density at radius 2 is 2.10 bits per heavy atom. The van der Waals surface area contributed by atoms with E-state index in [2.05, 4.69) is 4.72 Å². The van der Waals surface area contributed by atoms with Crippen LogP contribution in [0.15, 0.2) is 29.2 Å². The van der Waals surface area contributed by atoms with Crippen LogP contribution in [0.2, 0.25) is 0 Å². The molecule has 1 aromatic rings. The van der Waals surface area contributed by atoms with Gasteiger partial charge >= 0.3 is 5.97 Å². The van der Waals surface area contributed by atoms with Crippen molar-refractivity contribution in [3.63, 3.8) is 0 Å². The Bertz CT molecular complexity index is 620. The molecule has 7 heteroatoms. The Morgan fingerprint density at radius 3 is 2.70 bits per heavy atom. The van der Waals surface area contributed by atoms with Gasteiger partial charge in [0.05, 0.1) is 10.5 Å². The Morgan fingerprint density at radius 1 is 1.45 bits per heavy atom. The van der Waals surface area contributed by atoms with Crippen molar-refractivity contribution in [1.82, 2.24) is 4.72 Å². The van der Waals surface area contributed by atoms with Gasteiger partial charge < -0.3 is 5.11 Å². The maximum absolute atomic E-state index is 12.1. The number of carboxylic acid groups (broad SMARTS) is 1. The molecule has 0 fully saturated rings. The van der Waals surface area contributed by atoms with Crippen LogP contribution in [0, 0.1) is 11.3 Å². The van der Waals surface area contributed by atoms with Gasteiger partial charge in [0, 0.05) is 12.5 Å². The van der Waals surface area contributed by atoms with Crippen molar-refractivity contribution >= 4 is 16.0 Å². The molecule has 1 rings (SSSR count). The Labute approximate surface area is 118 Å². The van der Waals surface area contributed by atoms with Crippen LogP contribution in [-0.4, -0.2) is 25.5 Å². The summed E-state index contributed by atoms with van der Waals surface area (Å²) in [6.45, 7) is 1.66. The molecule has 0 aliphatic rings. The summed E-state index contributed by atoms with van der Waals surface area (Å²) in [5.74, 6) is -0.908. The molecule has 0 amide bonds. The van der Waals surface area contributed by atoms with Gasteiger partial charge in [0.1, 0.15) is 6.07 Å². The lowest BCUT2D eigenvalue weighted by Crippen LogP contribution is -2.33. The highest BCUT2D eigenvalue weighted by Crippen LogP contribution is 2.15. The van der Waals surface area contributed by atoms with E-state index in [9.17, 15) is 13.2 Å². The van der Waals surface area contributed by atoms with Crippen molar-refractivity contribution in [2.75, 3.05) is 0 Å². The largest absolute Gasteiger partial charge is 0.481 e. The number of aliphatic carboxylic acids is 1. The molecule has 6 nitrogen and oxygen atoms in total. The lowest BCUT2D eigenvalue weighted by molar-refractivity contribution is -0.137. The number of hydrogen-bond donors (Lipinski definition) is 2. The molecule has 0 spiro atoms. The number of benzene rings is 1. The second-order valence-electron chi connectivity index (χ2n) is 4.42. The van der Waals surface area contributed by atoms with Crippen molar-refractivity contribution in [1.29, 1.82) is 5.26 Å². The van der Waals surface area contributed by atoms with Gasteiger partial charge in [0.2, 0.25) is 10.0 Å². The highest BCUT2D eigenvalue weighted by atomic mass is 32.2. The molecule has 1 atom stereocenters. The molecule has 1 unspecified atom stereocenters. The van der Waals surface area contributed by atoms with Gasteiger partial charge in [-0.1, -0.05) is 12.1 Å². The van der Waals surface area contributed by atoms with Gasteiger partial charge in [-0.2, -0.15) is 5.26 Å². The Balaban J connectivity index is 2.75. The number of sulfonamides is 1. The molecule has 0 saturated carbocycles. The van der Waals surface area contributed by atoms with Crippen LogP contribution in [-0.2, 0) is 14.8 Å². The predicted molar refractivity (Wildman–Crippen MR) is 72.4 cm³/mol. The molecule has 108 valence electrons. The van der Waals surface area contributed by atoms with Gasteiger partial charge in [-0.25, -0.2) is 13.1 Å². The number of nitrogens with one attached hydrogen (secondary N) is 1. The van der Waals surface area contributed by atoms with E-state index in [1.54, 1.807) is 19.1 Å². The fourth-order valence-electron chi connectivity index (χ4n) is 1.74. The fourth-order valence-corrected chi connectivity index (χ4v) is 3.18. The summed E-state index contributed by atoms with van der Waals surface area (Å²) < 4.78 is 26.7. The highest BCUT2D eigenvalue weighted by molar-refractivity contribution is 7.89. The lowest BCUT2D eigenvalue weighted by Gasteiger charge is -2.14. The topological polar surface area (TPSA) is 107 Å². The van der Waals surface area contributed by atoms with Crippen LogP contribution in [0.3, 0.4) is 0 Å². The third-order valence-corrected chi connectivity index (χ3v) is 4.33. The summed E-state index contributed by atoms with van der Waals surface area (Å²) in [6, 6.07) is 7.38. The summed E-state index contributed by atoms with van der Waals surface area (Å²) in [4.78, 5) is 10.3. The zero-order valence-electron chi connectivity index (χ0n) is 11.0. The minimum absolute atomic E-state index is 0.000843. The molecule has 20 heavy (non-hydrogen) atoms. The van der Waals surface area contributed by atoms with Crippen LogP contribution >= 0.6 is 0 Å². The smallest absolute Gasteiger partial charge is 0.303 e. The number of nitrogens with zero attached hydrogens (tertiary/aromatic N) is 1. The summed E-state index contributed by atoms with van der Waals surface area (Å²) >= 11 is 0. The minimum atomic E-state index is -3.77. The summed E-state index contributed by atoms with van der Waals surface area (Å²) in [5, 5.41) is 17.4. The normalized spacial score (nSPS) is 12.6. The van der Waals surface area contributed by atoms with E-state index in [0.29, 0.717) is 12.8 Å². The summed E-state index contributed by atoms with van der Waals surface area (Å²) in [6.07, 6.45) is 0.806. The number of carboxylic acids is 1. The maximum Gasteiger partial charge on any atom is 0.303 e. The van der Waals surface area contributed by atoms with E-state index in [1.165, 1.54) is 12.1 Å². The molecule has 0 aliphatic heterocycles. The van der Waals surface area contributed by atoms with E-state index in [1.807, 2.05) is 6.07 Å². The first-order chi connectivity index (χ1) is 9.36. The van der Waals surface area contributed by atoms with Gasteiger partial charge in [0.15, 0.2) is 0 Å². The van der Waals surface area contributed by atoms with Crippen molar-refractivity contribution in [3.05, 3.63) is 29.8 Å². The summed E-state index contributed by atoms with van der Waals surface area (Å²) in [7, 11) is -3.77. The minimum Gasteiger partial charge on any atom is -0.481 e. The molecule has 0 aliphatic carbocycles. The quantitative estimate of drug-likeness (QED) is 0.792. The molecule has 2 N–H and O–H groups in total. The molecule has 0 aromatic heterocycles. The van der Waals surface area contributed by atoms with Gasteiger partial charge in [-0.15, -0.1) is 0 Å². The molecule has 0 radical (unpaired) electrons. The highest BCUT2D eigenvalue weighted by Gasteiger charge is 2.20. The van der Waals surface area contributed by atoms with E-state index in [0.717, 1.165) is 0 Å². The average Bonchev–Trinajstić information content (AvgIpc) is 2.37. The maximum atomic E-state index is 12.1. The molecular formula is C13H16N2O4S.